The van der Waals surface area contributed by atoms with Crippen LogP contribution in [0.2, 0.25) is 0 Å². The highest BCUT2D eigenvalue weighted by atomic mass is 16.5. The minimum Gasteiger partial charge on any atom is -0.490 e. The number of pyridine rings is 2. The number of fused-ring (bicyclic) bond motifs is 3. The summed E-state index contributed by atoms with van der Waals surface area (Å²) in [6, 6.07) is 19.2. The third-order valence-electron chi connectivity index (χ3n) is 7.42. The third kappa shape index (κ3) is 4.63. The fourth-order valence-electron chi connectivity index (χ4n) is 5.19. The number of ether oxygens (including phenoxy) is 2. The van der Waals surface area contributed by atoms with E-state index in [2.05, 4.69) is 16.4 Å². The number of rotatable bonds is 4. The van der Waals surface area contributed by atoms with Crippen molar-refractivity contribution in [1.29, 1.82) is 5.26 Å². The molecular formula is C31H27N5O4. The second-order valence-electron chi connectivity index (χ2n) is 10.3. The molecule has 2 aromatic heterocycles. The fourth-order valence-corrected chi connectivity index (χ4v) is 5.19. The zero-order chi connectivity index (χ0) is 27.9. The molecule has 0 spiro atoms. The molecule has 9 nitrogen and oxygen atoms in total. The Labute approximate surface area is 231 Å². The maximum atomic E-state index is 13.0. The van der Waals surface area contributed by atoms with E-state index in [0.717, 1.165) is 39.0 Å². The van der Waals surface area contributed by atoms with Gasteiger partial charge in [0.15, 0.2) is 0 Å². The molecule has 4 heterocycles. The predicted molar refractivity (Wildman–Crippen MR) is 149 cm³/mol. The molecule has 200 valence electrons. The predicted octanol–water partition coefficient (Wildman–Crippen LogP) is 4.28. The number of amides is 2. The summed E-state index contributed by atoms with van der Waals surface area (Å²) in [7, 11) is 0. The van der Waals surface area contributed by atoms with E-state index in [1.54, 1.807) is 30.2 Å². The van der Waals surface area contributed by atoms with Gasteiger partial charge in [-0.25, -0.2) is 4.98 Å². The molecule has 0 unspecified atom stereocenters. The van der Waals surface area contributed by atoms with Gasteiger partial charge in [0.2, 0.25) is 5.91 Å². The SMILES string of the molecule is CC(=O)N1CCOc2ccc(-c3ccc4cnc(CNC(=O)c5ccc6c(c5)[C@](C)(C#N)COC6)cc4n3)cc21. The van der Waals surface area contributed by atoms with Crippen LogP contribution in [0.4, 0.5) is 5.69 Å². The van der Waals surface area contributed by atoms with Gasteiger partial charge in [0.1, 0.15) is 17.8 Å². The number of hydrogen-bond donors (Lipinski definition) is 1. The van der Waals surface area contributed by atoms with Crippen molar-refractivity contribution in [1.82, 2.24) is 15.3 Å². The topological polar surface area (TPSA) is 117 Å². The van der Waals surface area contributed by atoms with E-state index in [1.165, 1.54) is 0 Å². The Kier molecular flexibility index (Phi) is 6.40. The Morgan fingerprint density at radius 3 is 2.85 bits per heavy atom. The highest BCUT2D eigenvalue weighted by molar-refractivity contribution is 5.95. The number of nitrogens with one attached hydrogen (secondary N) is 1. The molecule has 1 atom stereocenters. The summed E-state index contributed by atoms with van der Waals surface area (Å²) in [5, 5.41) is 13.5. The number of nitriles is 1. The lowest BCUT2D eigenvalue weighted by molar-refractivity contribution is -0.116. The van der Waals surface area contributed by atoms with Gasteiger partial charge in [-0.2, -0.15) is 5.26 Å². The van der Waals surface area contributed by atoms with Gasteiger partial charge in [0, 0.05) is 29.6 Å². The lowest BCUT2D eigenvalue weighted by atomic mass is 9.79. The molecule has 0 radical (unpaired) electrons. The maximum absolute atomic E-state index is 13.0. The highest BCUT2D eigenvalue weighted by Crippen LogP contribution is 2.36. The first-order valence-corrected chi connectivity index (χ1v) is 13.1. The zero-order valence-electron chi connectivity index (χ0n) is 22.2. The van der Waals surface area contributed by atoms with Crippen molar-refractivity contribution in [2.45, 2.75) is 32.4 Å². The van der Waals surface area contributed by atoms with Gasteiger partial charge in [-0.15, -0.1) is 0 Å². The zero-order valence-corrected chi connectivity index (χ0v) is 22.2. The first-order valence-electron chi connectivity index (χ1n) is 13.1. The standard InChI is InChI=1S/C31H27N5O4/c1-19(37)36-9-10-40-29-8-6-20(12-28(29)36)26-7-5-22-14-33-24(13-27(22)35-26)15-34-30(38)21-3-4-23-16-39-18-31(2,17-32)25(23)11-21/h3-8,11-14H,9-10,15-16,18H2,1-2H3,(H,34,38)/t31-/m1/s1. The van der Waals surface area contributed by atoms with Crippen molar-refractivity contribution in [3.05, 3.63) is 83.2 Å². The molecule has 0 aliphatic carbocycles. The molecule has 2 aliphatic heterocycles. The molecule has 0 saturated heterocycles. The van der Waals surface area contributed by atoms with Gasteiger partial charge in [0.25, 0.3) is 5.91 Å². The van der Waals surface area contributed by atoms with Crippen LogP contribution in [0.1, 0.15) is 41.0 Å². The van der Waals surface area contributed by atoms with Crippen LogP contribution >= 0.6 is 0 Å². The number of anilines is 1. The Morgan fingerprint density at radius 1 is 1.15 bits per heavy atom. The fraction of sp³-hybridized carbons (Fsp3) is 0.258. The van der Waals surface area contributed by atoms with Crippen LogP contribution in [0, 0.1) is 11.3 Å². The smallest absolute Gasteiger partial charge is 0.251 e. The van der Waals surface area contributed by atoms with Crippen LogP contribution in [0.5, 0.6) is 5.75 Å². The summed E-state index contributed by atoms with van der Waals surface area (Å²) >= 11 is 0. The molecule has 4 aromatic rings. The van der Waals surface area contributed by atoms with Gasteiger partial charge in [-0.3, -0.25) is 14.6 Å². The van der Waals surface area contributed by atoms with Gasteiger partial charge in [0.05, 0.1) is 55.0 Å². The van der Waals surface area contributed by atoms with E-state index in [9.17, 15) is 14.9 Å². The van der Waals surface area contributed by atoms with Crippen LogP contribution in [0.15, 0.2) is 60.8 Å². The summed E-state index contributed by atoms with van der Waals surface area (Å²) in [5.41, 5.74) is 5.21. The molecular weight excluding hydrogens is 506 g/mol. The Morgan fingerprint density at radius 2 is 2.02 bits per heavy atom. The molecule has 6 rings (SSSR count). The normalized spacial score (nSPS) is 17.8. The largest absolute Gasteiger partial charge is 0.490 e. The first-order chi connectivity index (χ1) is 19.3. The minimum atomic E-state index is -0.789. The third-order valence-corrected chi connectivity index (χ3v) is 7.42. The number of hydrogen-bond acceptors (Lipinski definition) is 7. The van der Waals surface area contributed by atoms with E-state index in [4.69, 9.17) is 14.5 Å². The lowest BCUT2D eigenvalue weighted by Crippen LogP contribution is -2.36. The number of carbonyl (C=O) groups excluding carboxylic acids is 2. The molecule has 40 heavy (non-hydrogen) atoms. The van der Waals surface area contributed by atoms with E-state index < -0.39 is 5.41 Å². The van der Waals surface area contributed by atoms with Gasteiger partial charge in [-0.05, 0) is 66.6 Å². The van der Waals surface area contributed by atoms with Crippen molar-refractivity contribution in [3.63, 3.8) is 0 Å². The average molecular weight is 534 g/mol. The van der Waals surface area contributed by atoms with Crippen LogP contribution in [-0.4, -0.2) is 41.5 Å². The number of benzene rings is 2. The summed E-state index contributed by atoms with van der Waals surface area (Å²) < 4.78 is 11.3. The van der Waals surface area contributed by atoms with E-state index in [-0.39, 0.29) is 18.4 Å². The van der Waals surface area contributed by atoms with E-state index in [0.29, 0.717) is 43.4 Å². The van der Waals surface area contributed by atoms with Crippen LogP contribution in [0.25, 0.3) is 22.2 Å². The van der Waals surface area contributed by atoms with Crippen molar-refractivity contribution in [2.24, 2.45) is 0 Å². The molecule has 0 bridgehead atoms. The van der Waals surface area contributed by atoms with Crippen LogP contribution < -0.4 is 15.0 Å². The lowest BCUT2D eigenvalue weighted by Gasteiger charge is -2.30. The van der Waals surface area contributed by atoms with Crippen molar-refractivity contribution < 1.29 is 19.1 Å². The monoisotopic (exact) mass is 533 g/mol. The van der Waals surface area contributed by atoms with Gasteiger partial charge in [-0.1, -0.05) is 6.07 Å². The second kappa shape index (κ2) is 10.1. The van der Waals surface area contributed by atoms with Crippen LogP contribution in [-0.2, 0) is 28.1 Å². The summed E-state index contributed by atoms with van der Waals surface area (Å²) in [6.07, 6.45) is 1.74. The number of nitrogens with zero attached hydrogens (tertiary/aromatic N) is 4. The summed E-state index contributed by atoms with van der Waals surface area (Å²) in [6.45, 7) is 5.30. The van der Waals surface area contributed by atoms with E-state index in [1.807, 2.05) is 49.4 Å². The van der Waals surface area contributed by atoms with Crippen molar-refractivity contribution in [2.75, 3.05) is 24.7 Å². The number of aromatic nitrogens is 2. The highest BCUT2D eigenvalue weighted by Gasteiger charge is 2.33. The van der Waals surface area contributed by atoms with Crippen molar-refractivity contribution >= 4 is 28.4 Å². The van der Waals surface area contributed by atoms with Gasteiger partial charge < -0.3 is 19.7 Å². The quantitative estimate of drug-likeness (QED) is 0.416. The molecule has 0 fully saturated rings. The maximum Gasteiger partial charge on any atom is 0.251 e. The average Bonchev–Trinajstić information content (AvgIpc) is 2.98. The molecule has 2 amide bonds. The summed E-state index contributed by atoms with van der Waals surface area (Å²) in [5.74, 6) is 0.400. The van der Waals surface area contributed by atoms with Gasteiger partial charge >= 0.3 is 0 Å². The Hall–Kier alpha value is -4.81. The Balaban J connectivity index is 1.22. The van der Waals surface area contributed by atoms with E-state index >= 15 is 0 Å². The molecule has 9 heteroatoms. The first kappa shape index (κ1) is 25.5. The number of carbonyl (C=O) groups is 2. The molecule has 1 N–H and O–H groups in total. The molecule has 2 aromatic carbocycles. The summed E-state index contributed by atoms with van der Waals surface area (Å²) in [4.78, 5) is 36.2. The minimum absolute atomic E-state index is 0.0329. The Bertz CT molecular complexity index is 1710. The van der Waals surface area contributed by atoms with Crippen LogP contribution in [0.3, 0.4) is 0 Å². The van der Waals surface area contributed by atoms with Crippen molar-refractivity contribution in [3.8, 4) is 23.1 Å². The second-order valence-corrected chi connectivity index (χ2v) is 10.3. The molecule has 0 saturated carbocycles. The molecule has 2 aliphatic rings.